The monoisotopic (exact) mass is 466 g/mol. The number of hydrogen-bond acceptors (Lipinski definition) is 5. The molecule has 2 aliphatic rings. The maximum absolute atomic E-state index is 7.04. The molecule has 0 radical (unpaired) electrons. The minimum atomic E-state index is 0.331. The summed E-state index contributed by atoms with van der Waals surface area (Å²) in [6, 6.07) is 11.0. The molecule has 176 valence electrons. The molecule has 0 N–H and O–H groups in total. The molecule has 1 aliphatic heterocycles. The molecule has 4 heterocycles. The first-order valence-corrected chi connectivity index (χ1v) is 12.9. The van der Waals surface area contributed by atoms with E-state index in [1.165, 1.54) is 17.7 Å². The molecule has 3 aromatic heterocycles. The molecule has 33 heavy (non-hydrogen) atoms. The van der Waals surface area contributed by atoms with Crippen LogP contribution in [0.4, 0.5) is 5.82 Å². The Hall–Kier alpha value is -2.15. The Kier molecular flexibility index (Phi) is 6.86. The van der Waals surface area contributed by atoms with Gasteiger partial charge in [-0.25, -0.2) is 4.98 Å². The van der Waals surface area contributed by atoms with Gasteiger partial charge in [-0.15, -0.1) is 0 Å². The molecule has 5 rings (SSSR count). The van der Waals surface area contributed by atoms with Crippen molar-refractivity contribution in [2.45, 2.75) is 52.1 Å². The molecular formula is C26H35ClN6. The first-order valence-electron chi connectivity index (χ1n) is 12.5. The van der Waals surface area contributed by atoms with Crippen LogP contribution < -0.4 is 4.90 Å². The lowest BCUT2D eigenvalue weighted by atomic mass is 9.90. The predicted octanol–water partition coefficient (Wildman–Crippen LogP) is 4.81. The number of halogens is 1. The van der Waals surface area contributed by atoms with E-state index in [0.717, 1.165) is 87.4 Å². The summed E-state index contributed by atoms with van der Waals surface area (Å²) in [7, 11) is 0. The highest BCUT2D eigenvalue weighted by Gasteiger charge is 2.28. The van der Waals surface area contributed by atoms with E-state index in [0.29, 0.717) is 6.04 Å². The lowest BCUT2D eigenvalue weighted by molar-refractivity contribution is 0.164. The molecule has 0 spiro atoms. The van der Waals surface area contributed by atoms with E-state index in [1.807, 2.05) is 6.20 Å². The largest absolute Gasteiger partial charge is 0.355 e. The highest BCUT2D eigenvalue weighted by atomic mass is 35.5. The fourth-order valence-electron chi connectivity index (χ4n) is 5.49. The summed E-state index contributed by atoms with van der Waals surface area (Å²) in [4.78, 5) is 17.3. The normalized spacial score (nSPS) is 19.4. The van der Waals surface area contributed by atoms with Crippen molar-refractivity contribution in [3.63, 3.8) is 0 Å². The number of aryl methyl sites for hydroxylation is 1. The van der Waals surface area contributed by atoms with Crippen molar-refractivity contribution >= 4 is 23.1 Å². The third kappa shape index (κ3) is 4.48. The van der Waals surface area contributed by atoms with Crippen LogP contribution in [-0.2, 0) is 13.0 Å². The predicted molar refractivity (Wildman–Crippen MR) is 135 cm³/mol. The van der Waals surface area contributed by atoms with Gasteiger partial charge < -0.3 is 9.80 Å². The van der Waals surface area contributed by atoms with Gasteiger partial charge in [-0.1, -0.05) is 37.6 Å². The second-order valence-electron chi connectivity index (χ2n) is 9.27. The number of pyridine rings is 2. The van der Waals surface area contributed by atoms with Gasteiger partial charge in [0.2, 0.25) is 0 Å². The first-order chi connectivity index (χ1) is 16.2. The minimum Gasteiger partial charge on any atom is -0.355 e. The fourth-order valence-corrected chi connectivity index (χ4v) is 5.77. The van der Waals surface area contributed by atoms with Gasteiger partial charge in [0.1, 0.15) is 16.6 Å². The maximum atomic E-state index is 7.04. The Bertz CT molecular complexity index is 1090. The van der Waals surface area contributed by atoms with Gasteiger partial charge >= 0.3 is 0 Å². The van der Waals surface area contributed by atoms with Gasteiger partial charge in [-0.3, -0.25) is 14.3 Å². The minimum absolute atomic E-state index is 0.331. The van der Waals surface area contributed by atoms with E-state index in [4.69, 9.17) is 21.6 Å². The Morgan fingerprint density at radius 3 is 2.73 bits per heavy atom. The van der Waals surface area contributed by atoms with E-state index in [1.54, 1.807) is 0 Å². The Morgan fingerprint density at radius 2 is 1.94 bits per heavy atom. The van der Waals surface area contributed by atoms with Gasteiger partial charge in [0.05, 0.1) is 17.4 Å². The number of rotatable bonds is 7. The number of fused-ring (bicyclic) bond motifs is 2. The van der Waals surface area contributed by atoms with Gasteiger partial charge in [0.25, 0.3) is 0 Å². The number of anilines is 1. The molecule has 1 aliphatic carbocycles. The van der Waals surface area contributed by atoms with Crippen molar-refractivity contribution < 1.29 is 0 Å². The SMILES string of the molecule is CCCN(Cc1nc2cccc(N3CCN(CC)CC3)n2c1Cl)C1CCCc2cccnc21. The van der Waals surface area contributed by atoms with Crippen LogP contribution in [0.15, 0.2) is 36.5 Å². The van der Waals surface area contributed by atoms with Crippen LogP contribution in [0.5, 0.6) is 0 Å². The Morgan fingerprint density at radius 1 is 1.09 bits per heavy atom. The lowest BCUT2D eigenvalue weighted by Crippen LogP contribution is -2.46. The number of imidazole rings is 1. The standard InChI is InChI=1S/C26H35ClN6/c1-3-14-32(22-10-5-8-20-9-7-13-28-25(20)22)19-21-26(27)33-23(29-21)11-6-12-24(33)31-17-15-30(4-2)16-18-31/h6-7,9,11-13,22H,3-5,8,10,14-19H2,1-2H3. The average molecular weight is 467 g/mol. The molecule has 0 bridgehead atoms. The topological polar surface area (TPSA) is 39.9 Å². The second-order valence-corrected chi connectivity index (χ2v) is 9.63. The van der Waals surface area contributed by atoms with E-state index < -0.39 is 0 Å². The van der Waals surface area contributed by atoms with Crippen LogP contribution in [0, 0.1) is 0 Å². The molecule has 1 fully saturated rings. The summed E-state index contributed by atoms with van der Waals surface area (Å²) < 4.78 is 2.15. The van der Waals surface area contributed by atoms with Crippen LogP contribution in [-0.4, -0.2) is 63.4 Å². The number of nitrogens with zero attached hydrogens (tertiary/aromatic N) is 6. The van der Waals surface area contributed by atoms with E-state index in [9.17, 15) is 0 Å². The van der Waals surface area contributed by atoms with Crippen LogP contribution in [0.1, 0.15) is 56.1 Å². The van der Waals surface area contributed by atoms with E-state index >= 15 is 0 Å². The van der Waals surface area contributed by atoms with Crippen molar-refractivity contribution in [2.24, 2.45) is 0 Å². The summed E-state index contributed by atoms with van der Waals surface area (Å²) in [5, 5.41) is 0.747. The average Bonchev–Trinajstić information content (AvgIpc) is 3.18. The van der Waals surface area contributed by atoms with Crippen LogP contribution in [0.25, 0.3) is 5.65 Å². The Labute approximate surface area is 202 Å². The summed E-state index contributed by atoms with van der Waals surface area (Å²) in [5.74, 6) is 1.15. The third-order valence-electron chi connectivity index (χ3n) is 7.25. The first kappa shape index (κ1) is 22.6. The summed E-state index contributed by atoms with van der Waals surface area (Å²) in [6.07, 6.45) is 6.50. The molecule has 1 unspecified atom stereocenters. The third-order valence-corrected chi connectivity index (χ3v) is 7.63. The molecule has 0 aromatic carbocycles. The fraction of sp³-hybridized carbons (Fsp3) is 0.538. The van der Waals surface area contributed by atoms with Gasteiger partial charge in [-0.2, -0.15) is 0 Å². The molecule has 6 nitrogen and oxygen atoms in total. The van der Waals surface area contributed by atoms with E-state index in [2.05, 4.69) is 63.3 Å². The van der Waals surface area contributed by atoms with Gasteiger partial charge in [0.15, 0.2) is 0 Å². The molecule has 0 saturated carbocycles. The van der Waals surface area contributed by atoms with Gasteiger partial charge in [-0.05, 0) is 62.5 Å². The summed E-state index contributed by atoms with van der Waals surface area (Å²) in [5.41, 5.74) is 4.54. The maximum Gasteiger partial charge on any atom is 0.139 e. The second kappa shape index (κ2) is 10.00. The number of likely N-dealkylation sites (N-methyl/N-ethyl adjacent to an activating group) is 1. The van der Waals surface area contributed by atoms with Crippen molar-refractivity contribution in [3.05, 3.63) is 58.6 Å². The van der Waals surface area contributed by atoms with Crippen molar-refractivity contribution in [1.82, 2.24) is 24.2 Å². The molecule has 7 heteroatoms. The number of aromatic nitrogens is 3. The van der Waals surface area contributed by atoms with E-state index in [-0.39, 0.29) is 0 Å². The molecule has 0 amide bonds. The smallest absolute Gasteiger partial charge is 0.139 e. The molecule has 3 aromatic rings. The zero-order valence-electron chi connectivity index (χ0n) is 19.9. The lowest BCUT2D eigenvalue weighted by Gasteiger charge is -2.35. The molecule has 1 atom stereocenters. The van der Waals surface area contributed by atoms with Crippen molar-refractivity contribution in [2.75, 3.05) is 44.2 Å². The van der Waals surface area contributed by atoms with Crippen LogP contribution in [0.3, 0.4) is 0 Å². The van der Waals surface area contributed by atoms with Crippen LogP contribution >= 0.6 is 11.6 Å². The summed E-state index contributed by atoms with van der Waals surface area (Å²) >= 11 is 7.04. The van der Waals surface area contributed by atoms with Crippen LogP contribution in [0.2, 0.25) is 5.15 Å². The summed E-state index contributed by atoms with van der Waals surface area (Å²) in [6.45, 7) is 11.6. The highest BCUT2D eigenvalue weighted by Crippen LogP contribution is 2.35. The number of piperazine rings is 1. The molecule has 1 saturated heterocycles. The zero-order chi connectivity index (χ0) is 22.8. The van der Waals surface area contributed by atoms with Gasteiger partial charge in [0, 0.05) is 38.9 Å². The zero-order valence-corrected chi connectivity index (χ0v) is 20.6. The van der Waals surface area contributed by atoms with Crippen molar-refractivity contribution in [3.8, 4) is 0 Å². The van der Waals surface area contributed by atoms with Crippen molar-refractivity contribution in [1.29, 1.82) is 0 Å². The molecular weight excluding hydrogens is 432 g/mol. The Balaban J connectivity index is 1.44. The quantitative estimate of drug-likeness (QED) is 0.499. The number of hydrogen-bond donors (Lipinski definition) is 0. The highest BCUT2D eigenvalue weighted by molar-refractivity contribution is 6.30.